The van der Waals surface area contributed by atoms with Crippen LogP contribution in [0.25, 0.3) is 22.2 Å². The van der Waals surface area contributed by atoms with Crippen molar-refractivity contribution in [3.05, 3.63) is 65.7 Å². The Labute approximate surface area is 160 Å². The summed E-state index contributed by atoms with van der Waals surface area (Å²) in [6, 6.07) is 16.3. The van der Waals surface area contributed by atoms with E-state index >= 15 is 0 Å². The number of amides is 2. The highest BCUT2D eigenvalue weighted by atomic mass is 16.4. The van der Waals surface area contributed by atoms with E-state index in [0.717, 1.165) is 5.56 Å². The molecule has 2 amide bonds. The van der Waals surface area contributed by atoms with Crippen LogP contribution in [0, 0.1) is 0 Å². The molecule has 28 heavy (non-hydrogen) atoms. The van der Waals surface area contributed by atoms with Gasteiger partial charge >= 0.3 is 5.97 Å². The Kier molecular flexibility index (Phi) is 4.49. The van der Waals surface area contributed by atoms with Crippen molar-refractivity contribution in [3.63, 3.8) is 0 Å². The number of pyridine rings is 1. The predicted molar refractivity (Wildman–Crippen MR) is 103 cm³/mol. The van der Waals surface area contributed by atoms with E-state index < -0.39 is 5.97 Å². The van der Waals surface area contributed by atoms with E-state index in [0.29, 0.717) is 22.2 Å². The monoisotopic (exact) mass is 375 g/mol. The molecule has 2 N–H and O–H groups in total. The predicted octanol–water partition coefficient (Wildman–Crippen LogP) is 2.06. The molecule has 1 aromatic heterocycles. The summed E-state index contributed by atoms with van der Waals surface area (Å²) in [6.07, 6.45) is 0. The number of benzene rings is 2. The fourth-order valence-electron chi connectivity index (χ4n) is 3.42. The normalized spacial score (nSPS) is 14.2. The van der Waals surface area contributed by atoms with Crippen LogP contribution >= 0.6 is 0 Å². The molecule has 2 aromatic carbocycles. The lowest BCUT2D eigenvalue weighted by atomic mass is 9.96. The smallest absolute Gasteiger partial charge is 0.336 e. The van der Waals surface area contributed by atoms with Gasteiger partial charge in [0.2, 0.25) is 11.8 Å². The van der Waals surface area contributed by atoms with E-state index in [-0.39, 0.29) is 37.0 Å². The van der Waals surface area contributed by atoms with Crippen LogP contribution in [-0.2, 0) is 16.1 Å². The van der Waals surface area contributed by atoms with Crippen molar-refractivity contribution in [1.29, 1.82) is 0 Å². The number of carbonyl (C=O) groups is 3. The van der Waals surface area contributed by atoms with Crippen molar-refractivity contribution in [1.82, 2.24) is 15.2 Å². The molecule has 140 valence electrons. The first-order chi connectivity index (χ1) is 13.5. The van der Waals surface area contributed by atoms with Crippen molar-refractivity contribution < 1.29 is 19.5 Å². The number of para-hydroxylation sites is 1. The Bertz CT molecular complexity index is 1100. The molecular formula is C21H17N3O4. The summed E-state index contributed by atoms with van der Waals surface area (Å²) in [5.41, 5.74) is 2.32. The minimum Gasteiger partial charge on any atom is -0.478 e. The number of aromatic nitrogens is 1. The number of piperazine rings is 1. The molecule has 1 aliphatic rings. The van der Waals surface area contributed by atoms with Crippen LogP contribution < -0.4 is 5.32 Å². The number of hydrogen-bond donors (Lipinski definition) is 2. The first kappa shape index (κ1) is 17.7. The number of carboxylic acid groups (broad SMARTS) is 1. The van der Waals surface area contributed by atoms with Gasteiger partial charge in [-0.3, -0.25) is 9.59 Å². The summed E-state index contributed by atoms with van der Waals surface area (Å²) in [5, 5.41) is 13.0. The molecule has 0 unspecified atom stereocenters. The quantitative estimate of drug-likeness (QED) is 0.727. The van der Waals surface area contributed by atoms with Crippen molar-refractivity contribution in [2.24, 2.45) is 0 Å². The van der Waals surface area contributed by atoms with Gasteiger partial charge in [-0.1, -0.05) is 48.5 Å². The Morgan fingerprint density at radius 3 is 2.54 bits per heavy atom. The Morgan fingerprint density at radius 1 is 1.07 bits per heavy atom. The topological polar surface area (TPSA) is 99.6 Å². The first-order valence-electron chi connectivity index (χ1n) is 8.79. The van der Waals surface area contributed by atoms with E-state index in [1.807, 2.05) is 30.3 Å². The SMILES string of the molecule is O=C1CN(Cc2c(-c3ccccc3)nc3ccccc3c2C(=O)O)C(=O)CN1. The fraction of sp³-hybridized carbons (Fsp3) is 0.143. The molecule has 0 saturated carbocycles. The molecule has 3 aromatic rings. The largest absolute Gasteiger partial charge is 0.478 e. The molecule has 7 nitrogen and oxygen atoms in total. The summed E-state index contributed by atoms with van der Waals surface area (Å²) >= 11 is 0. The standard InChI is InChI=1S/C21H17N3O4/c25-17-12-24(18(26)10-22-17)11-15-19(21(27)28)14-8-4-5-9-16(14)23-20(15)13-6-2-1-3-7-13/h1-9H,10-12H2,(H,22,25)(H,27,28). The van der Waals surface area contributed by atoms with Gasteiger partial charge in [0, 0.05) is 23.1 Å². The molecule has 0 aliphatic carbocycles. The molecule has 2 heterocycles. The lowest BCUT2D eigenvalue weighted by Gasteiger charge is -2.28. The zero-order valence-electron chi connectivity index (χ0n) is 14.9. The van der Waals surface area contributed by atoms with Gasteiger partial charge in [-0.05, 0) is 6.07 Å². The average Bonchev–Trinajstić information content (AvgIpc) is 2.70. The highest BCUT2D eigenvalue weighted by molar-refractivity contribution is 6.06. The molecule has 0 atom stereocenters. The summed E-state index contributed by atoms with van der Waals surface area (Å²) in [6.45, 7) is -0.211. The van der Waals surface area contributed by atoms with Crippen LogP contribution in [0.3, 0.4) is 0 Å². The molecular weight excluding hydrogens is 358 g/mol. The second-order valence-electron chi connectivity index (χ2n) is 6.53. The zero-order chi connectivity index (χ0) is 19.7. The molecule has 1 saturated heterocycles. The first-order valence-corrected chi connectivity index (χ1v) is 8.79. The van der Waals surface area contributed by atoms with Gasteiger partial charge in [-0.2, -0.15) is 0 Å². The van der Waals surface area contributed by atoms with Crippen LogP contribution in [0.15, 0.2) is 54.6 Å². The third kappa shape index (κ3) is 3.18. The van der Waals surface area contributed by atoms with Crippen molar-refractivity contribution >= 4 is 28.7 Å². The van der Waals surface area contributed by atoms with Gasteiger partial charge < -0.3 is 15.3 Å². The minimum absolute atomic E-state index is 0.00402. The second kappa shape index (κ2) is 7.11. The number of carbonyl (C=O) groups excluding carboxylic acids is 2. The lowest BCUT2D eigenvalue weighted by molar-refractivity contribution is -0.141. The summed E-state index contributed by atoms with van der Waals surface area (Å²) in [4.78, 5) is 42.3. The number of hydrogen-bond acceptors (Lipinski definition) is 4. The maximum atomic E-state index is 12.3. The summed E-state index contributed by atoms with van der Waals surface area (Å²) < 4.78 is 0. The molecule has 7 heteroatoms. The third-order valence-corrected chi connectivity index (χ3v) is 4.73. The van der Waals surface area contributed by atoms with Crippen LogP contribution in [0.1, 0.15) is 15.9 Å². The van der Waals surface area contributed by atoms with E-state index in [9.17, 15) is 19.5 Å². The Balaban J connectivity index is 1.95. The van der Waals surface area contributed by atoms with Crippen LogP contribution in [0.2, 0.25) is 0 Å². The van der Waals surface area contributed by atoms with E-state index in [2.05, 4.69) is 5.32 Å². The molecule has 0 spiro atoms. The van der Waals surface area contributed by atoms with Crippen LogP contribution in [0.5, 0.6) is 0 Å². The highest BCUT2D eigenvalue weighted by Gasteiger charge is 2.28. The molecule has 0 radical (unpaired) electrons. The third-order valence-electron chi connectivity index (χ3n) is 4.73. The number of carboxylic acids is 1. The molecule has 1 fully saturated rings. The number of fused-ring (bicyclic) bond motifs is 1. The Hall–Kier alpha value is -3.74. The van der Waals surface area contributed by atoms with Crippen LogP contribution in [-0.4, -0.2) is 45.9 Å². The summed E-state index contributed by atoms with van der Waals surface area (Å²) in [5.74, 6) is -1.63. The number of nitrogens with one attached hydrogen (secondary N) is 1. The molecule has 4 rings (SSSR count). The van der Waals surface area contributed by atoms with Crippen molar-refractivity contribution in [2.75, 3.05) is 13.1 Å². The molecule has 1 aliphatic heterocycles. The van der Waals surface area contributed by atoms with Gasteiger partial charge in [-0.15, -0.1) is 0 Å². The zero-order valence-corrected chi connectivity index (χ0v) is 14.9. The number of rotatable bonds is 4. The van der Waals surface area contributed by atoms with Crippen molar-refractivity contribution in [3.8, 4) is 11.3 Å². The van der Waals surface area contributed by atoms with E-state index in [1.54, 1.807) is 24.3 Å². The maximum absolute atomic E-state index is 12.3. The van der Waals surface area contributed by atoms with Gasteiger partial charge in [0.15, 0.2) is 0 Å². The minimum atomic E-state index is -1.10. The fourth-order valence-corrected chi connectivity index (χ4v) is 3.42. The van der Waals surface area contributed by atoms with E-state index in [4.69, 9.17) is 4.98 Å². The molecule has 0 bridgehead atoms. The highest BCUT2D eigenvalue weighted by Crippen LogP contribution is 2.31. The van der Waals surface area contributed by atoms with E-state index in [1.165, 1.54) is 4.90 Å². The average molecular weight is 375 g/mol. The second-order valence-corrected chi connectivity index (χ2v) is 6.53. The van der Waals surface area contributed by atoms with Gasteiger partial charge in [0.1, 0.15) is 0 Å². The maximum Gasteiger partial charge on any atom is 0.336 e. The van der Waals surface area contributed by atoms with Crippen molar-refractivity contribution in [2.45, 2.75) is 6.54 Å². The van der Waals surface area contributed by atoms with Gasteiger partial charge in [-0.25, -0.2) is 9.78 Å². The van der Waals surface area contributed by atoms with Crippen LogP contribution in [0.4, 0.5) is 0 Å². The summed E-state index contributed by atoms with van der Waals surface area (Å²) in [7, 11) is 0. The number of nitrogens with zero attached hydrogens (tertiary/aromatic N) is 2. The number of aromatic carboxylic acids is 1. The van der Waals surface area contributed by atoms with Gasteiger partial charge in [0.05, 0.1) is 29.9 Å². The van der Waals surface area contributed by atoms with Gasteiger partial charge in [0.25, 0.3) is 0 Å². The Morgan fingerprint density at radius 2 is 1.79 bits per heavy atom. The lowest BCUT2D eigenvalue weighted by Crippen LogP contribution is -2.51.